The van der Waals surface area contributed by atoms with E-state index in [1.807, 2.05) is 24.5 Å². The molecule has 17 heavy (non-hydrogen) atoms. The van der Waals surface area contributed by atoms with Crippen LogP contribution in [0.15, 0.2) is 67.1 Å². The molecule has 0 spiro atoms. The van der Waals surface area contributed by atoms with Crippen LogP contribution >= 0.6 is 0 Å². The molecule has 1 aromatic carbocycles. The quantitative estimate of drug-likeness (QED) is 0.679. The molecule has 2 nitrogen and oxygen atoms in total. The molecule has 3 rings (SSSR count). The molecule has 0 radical (unpaired) electrons. The summed E-state index contributed by atoms with van der Waals surface area (Å²) in [4.78, 5) is 6.44. The molecular formula is C15H14N2. The number of hydrogen-bond acceptors (Lipinski definition) is 0. The summed E-state index contributed by atoms with van der Waals surface area (Å²) in [6.45, 7) is 0. The molecule has 0 amide bonds. The fraction of sp³-hybridized carbons (Fsp3) is 0.0667. The van der Waals surface area contributed by atoms with E-state index < -0.39 is 0 Å². The molecule has 0 aliphatic rings. The van der Waals surface area contributed by atoms with Gasteiger partial charge < -0.3 is 9.97 Å². The van der Waals surface area contributed by atoms with Crippen molar-refractivity contribution in [2.45, 2.75) is 5.92 Å². The molecular weight excluding hydrogens is 208 g/mol. The maximum Gasteiger partial charge on any atom is 0.0505 e. The summed E-state index contributed by atoms with van der Waals surface area (Å²) in [7, 11) is 0. The summed E-state index contributed by atoms with van der Waals surface area (Å²) in [5.74, 6) is 0.275. The van der Waals surface area contributed by atoms with E-state index >= 15 is 0 Å². The fourth-order valence-corrected chi connectivity index (χ4v) is 2.24. The zero-order valence-corrected chi connectivity index (χ0v) is 9.43. The zero-order chi connectivity index (χ0) is 11.5. The molecule has 2 N–H and O–H groups in total. The molecule has 0 aliphatic heterocycles. The molecule has 3 aromatic rings. The molecule has 2 heterocycles. The predicted molar refractivity (Wildman–Crippen MR) is 69.0 cm³/mol. The van der Waals surface area contributed by atoms with Gasteiger partial charge in [-0.05, 0) is 29.3 Å². The van der Waals surface area contributed by atoms with E-state index in [4.69, 9.17) is 0 Å². The summed E-state index contributed by atoms with van der Waals surface area (Å²) in [6.07, 6.45) is 5.99. The van der Waals surface area contributed by atoms with Gasteiger partial charge in [-0.15, -0.1) is 0 Å². The van der Waals surface area contributed by atoms with Crippen molar-refractivity contribution in [2.75, 3.05) is 0 Å². The van der Waals surface area contributed by atoms with Crippen LogP contribution in [-0.4, -0.2) is 9.97 Å². The lowest BCUT2D eigenvalue weighted by Crippen LogP contribution is -2.02. The molecule has 0 bridgehead atoms. The summed E-state index contributed by atoms with van der Waals surface area (Å²) in [5, 5.41) is 0. The smallest absolute Gasteiger partial charge is 0.0505 e. The molecule has 0 fully saturated rings. The van der Waals surface area contributed by atoms with Gasteiger partial charge in [-0.1, -0.05) is 30.3 Å². The largest absolute Gasteiger partial charge is 0.367 e. The predicted octanol–water partition coefficient (Wildman–Crippen LogP) is 3.52. The van der Waals surface area contributed by atoms with Gasteiger partial charge in [-0.2, -0.15) is 0 Å². The van der Waals surface area contributed by atoms with Crippen LogP contribution in [0.5, 0.6) is 0 Å². The van der Waals surface area contributed by atoms with Gasteiger partial charge >= 0.3 is 0 Å². The number of aromatic nitrogens is 2. The summed E-state index contributed by atoms with van der Waals surface area (Å²) < 4.78 is 0. The Hall–Kier alpha value is -2.22. The first kappa shape index (κ1) is 9.97. The third-order valence-electron chi connectivity index (χ3n) is 3.02. The van der Waals surface area contributed by atoms with Crippen molar-refractivity contribution < 1.29 is 0 Å². The number of H-pyrrole nitrogens is 2. The van der Waals surface area contributed by atoms with E-state index in [0.29, 0.717) is 0 Å². The molecule has 0 aliphatic carbocycles. The first-order valence-corrected chi connectivity index (χ1v) is 5.76. The maximum atomic E-state index is 3.31. The highest BCUT2D eigenvalue weighted by Crippen LogP contribution is 2.30. The van der Waals surface area contributed by atoms with Gasteiger partial charge in [0, 0.05) is 24.3 Å². The second-order valence-electron chi connectivity index (χ2n) is 4.11. The van der Waals surface area contributed by atoms with Crippen LogP contribution in [0.3, 0.4) is 0 Å². The van der Waals surface area contributed by atoms with Crippen LogP contribution in [-0.2, 0) is 0 Å². The van der Waals surface area contributed by atoms with Gasteiger partial charge in [0.2, 0.25) is 0 Å². The van der Waals surface area contributed by atoms with Gasteiger partial charge in [0.25, 0.3) is 0 Å². The molecule has 2 aromatic heterocycles. The van der Waals surface area contributed by atoms with Crippen LogP contribution in [0.1, 0.15) is 22.7 Å². The van der Waals surface area contributed by atoms with Crippen LogP contribution < -0.4 is 0 Å². The summed E-state index contributed by atoms with van der Waals surface area (Å²) in [6, 6.07) is 16.8. The Morgan fingerprint density at radius 3 is 2.29 bits per heavy atom. The van der Waals surface area contributed by atoms with E-state index in [-0.39, 0.29) is 5.92 Å². The van der Waals surface area contributed by atoms with E-state index in [2.05, 4.69) is 52.6 Å². The van der Waals surface area contributed by atoms with E-state index in [0.717, 1.165) is 0 Å². The van der Waals surface area contributed by atoms with Crippen LogP contribution in [0, 0.1) is 0 Å². The van der Waals surface area contributed by atoms with Crippen molar-refractivity contribution in [3.63, 3.8) is 0 Å². The second kappa shape index (κ2) is 4.34. The zero-order valence-electron chi connectivity index (χ0n) is 9.43. The van der Waals surface area contributed by atoms with Crippen molar-refractivity contribution in [2.24, 2.45) is 0 Å². The standard InChI is InChI=1S/C15H14N2/c1-2-5-12(6-3-1)15(13-8-10-16-11-13)14-7-4-9-17-14/h1-11,15-17H. The van der Waals surface area contributed by atoms with Crippen molar-refractivity contribution in [3.8, 4) is 0 Å². The fourth-order valence-electron chi connectivity index (χ4n) is 2.24. The molecule has 0 saturated carbocycles. The van der Waals surface area contributed by atoms with Crippen molar-refractivity contribution in [1.29, 1.82) is 0 Å². The van der Waals surface area contributed by atoms with E-state index in [1.54, 1.807) is 0 Å². The highest BCUT2D eigenvalue weighted by atomic mass is 14.7. The normalized spacial score (nSPS) is 12.5. The highest BCUT2D eigenvalue weighted by molar-refractivity contribution is 5.39. The van der Waals surface area contributed by atoms with E-state index in [1.165, 1.54) is 16.8 Å². The average Bonchev–Trinajstić information content (AvgIpc) is 3.04. The Morgan fingerprint density at radius 2 is 1.65 bits per heavy atom. The average molecular weight is 222 g/mol. The monoisotopic (exact) mass is 222 g/mol. The maximum absolute atomic E-state index is 3.31. The Balaban J connectivity index is 2.10. The third kappa shape index (κ3) is 1.89. The van der Waals surface area contributed by atoms with Gasteiger partial charge in [0.1, 0.15) is 0 Å². The van der Waals surface area contributed by atoms with Gasteiger partial charge in [-0.3, -0.25) is 0 Å². The molecule has 0 saturated heterocycles. The Morgan fingerprint density at radius 1 is 0.765 bits per heavy atom. The van der Waals surface area contributed by atoms with Gasteiger partial charge in [-0.25, -0.2) is 0 Å². The lowest BCUT2D eigenvalue weighted by atomic mass is 9.90. The number of hydrogen-bond donors (Lipinski definition) is 2. The number of nitrogens with one attached hydrogen (secondary N) is 2. The Labute approximate surface area is 100 Å². The Bertz CT molecular complexity index is 516. The third-order valence-corrected chi connectivity index (χ3v) is 3.02. The minimum atomic E-state index is 0.275. The molecule has 1 unspecified atom stereocenters. The summed E-state index contributed by atoms with van der Waals surface area (Å²) in [5.41, 5.74) is 3.80. The first-order chi connectivity index (χ1) is 8.45. The number of aromatic amines is 2. The van der Waals surface area contributed by atoms with Gasteiger partial charge in [0.05, 0.1) is 5.92 Å². The van der Waals surface area contributed by atoms with Crippen molar-refractivity contribution in [3.05, 3.63) is 83.9 Å². The highest BCUT2D eigenvalue weighted by Gasteiger charge is 2.17. The van der Waals surface area contributed by atoms with Crippen molar-refractivity contribution in [1.82, 2.24) is 9.97 Å². The van der Waals surface area contributed by atoms with E-state index in [9.17, 15) is 0 Å². The summed E-state index contributed by atoms with van der Waals surface area (Å²) >= 11 is 0. The lowest BCUT2D eigenvalue weighted by molar-refractivity contribution is 0.935. The topological polar surface area (TPSA) is 31.6 Å². The minimum absolute atomic E-state index is 0.275. The number of benzene rings is 1. The lowest BCUT2D eigenvalue weighted by Gasteiger charge is -2.15. The SMILES string of the molecule is c1ccc(C(c2cc[nH]c2)c2ccc[nH]2)cc1. The Kier molecular flexibility index (Phi) is 2.54. The van der Waals surface area contributed by atoms with Gasteiger partial charge in [0.15, 0.2) is 0 Å². The van der Waals surface area contributed by atoms with Crippen LogP contribution in [0.4, 0.5) is 0 Å². The molecule has 84 valence electrons. The molecule has 2 heteroatoms. The molecule has 1 atom stereocenters. The van der Waals surface area contributed by atoms with Crippen LogP contribution in [0.25, 0.3) is 0 Å². The van der Waals surface area contributed by atoms with Crippen LogP contribution in [0.2, 0.25) is 0 Å². The first-order valence-electron chi connectivity index (χ1n) is 5.76. The minimum Gasteiger partial charge on any atom is -0.367 e. The second-order valence-corrected chi connectivity index (χ2v) is 4.11. The number of rotatable bonds is 3. The van der Waals surface area contributed by atoms with Crippen molar-refractivity contribution >= 4 is 0 Å².